The Kier molecular flexibility index (Phi) is 3.55. The van der Waals surface area contributed by atoms with Gasteiger partial charge < -0.3 is 0 Å². The van der Waals surface area contributed by atoms with E-state index < -0.39 is 0 Å². The van der Waals surface area contributed by atoms with Crippen LogP contribution < -0.4 is 0 Å². The number of hydrogen-bond donors (Lipinski definition) is 0. The SMILES string of the molecule is CCN1C(=O)C(C(C)C)N(C2=CCCC=C2)C1=O. The molecule has 2 aliphatic rings. The quantitative estimate of drug-likeness (QED) is 0.720. The van der Waals surface area contributed by atoms with Crippen LogP contribution in [0.25, 0.3) is 0 Å². The van der Waals surface area contributed by atoms with E-state index in [0.717, 1.165) is 18.5 Å². The van der Waals surface area contributed by atoms with Crippen molar-refractivity contribution in [3.05, 3.63) is 23.9 Å². The minimum atomic E-state index is -0.355. The minimum Gasteiger partial charge on any atom is -0.282 e. The molecule has 1 saturated heterocycles. The molecule has 1 atom stereocenters. The average molecular weight is 248 g/mol. The highest BCUT2D eigenvalue weighted by Crippen LogP contribution is 2.29. The van der Waals surface area contributed by atoms with Crippen molar-refractivity contribution < 1.29 is 9.59 Å². The predicted molar refractivity (Wildman–Crippen MR) is 69.7 cm³/mol. The second-order valence-corrected chi connectivity index (χ2v) is 5.03. The lowest BCUT2D eigenvalue weighted by Gasteiger charge is -2.26. The third kappa shape index (κ3) is 1.96. The number of urea groups is 1. The van der Waals surface area contributed by atoms with Crippen molar-refractivity contribution in [3.8, 4) is 0 Å². The lowest BCUT2D eigenvalue weighted by Crippen LogP contribution is -2.38. The monoisotopic (exact) mass is 248 g/mol. The summed E-state index contributed by atoms with van der Waals surface area (Å²) in [5.74, 6) is 0.0478. The fourth-order valence-electron chi connectivity index (χ4n) is 2.54. The highest BCUT2D eigenvalue weighted by Gasteiger charge is 2.46. The lowest BCUT2D eigenvalue weighted by molar-refractivity contribution is -0.129. The summed E-state index contributed by atoms with van der Waals surface area (Å²) in [7, 11) is 0. The van der Waals surface area contributed by atoms with E-state index in [2.05, 4.69) is 6.08 Å². The molecule has 0 saturated carbocycles. The number of nitrogens with zero attached hydrogens (tertiary/aromatic N) is 2. The Hall–Kier alpha value is -1.58. The molecule has 1 fully saturated rings. The van der Waals surface area contributed by atoms with Gasteiger partial charge in [0.25, 0.3) is 5.91 Å². The minimum absolute atomic E-state index is 0.0719. The van der Waals surface area contributed by atoms with E-state index in [1.54, 1.807) is 4.90 Å². The summed E-state index contributed by atoms with van der Waals surface area (Å²) in [6.07, 6.45) is 7.98. The van der Waals surface area contributed by atoms with Gasteiger partial charge in [-0.3, -0.25) is 14.6 Å². The van der Waals surface area contributed by atoms with Crippen LogP contribution in [0.2, 0.25) is 0 Å². The van der Waals surface area contributed by atoms with E-state index >= 15 is 0 Å². The van der Waals surface area contributed by atoms with E-state index in [0.29, 0.717) is 6.54 Å². The number of likely N-dealkylation sites (N-methyl/N-ethyl adjacent to an activating group) is 1. The molecule has 2 rings (SSSR count). The molecule has 1 unspecified atom stereocenters. The lowest BCUT2D eigenvalue weighted by atomic mass is 10.0. The van der Waals surface area contributed by atoms with Crippen molar-refractivity contribution in [2.45, 2.75) is 39.7 Å². The third-order valence-corrected chi connectivity index (χ3v) is 3.44. The van der Waals surface area contributed by atoms with Gasteiger partial charge in [0, 0.05) is 12.2 Å². The number of hydrogen-bond acceptors (Lipinski definition) is 2. The Balaban J connectivity index is 2.36. The molecule has 0 aromatic carbocycles. The topological polar surface area (TPSA) is 40.6 Å². The molecule has 18 heavy (non-hydrogen) atoms. The summed E-state index contributed by atoms with van der Waals surface area (Å²) in [6, 6.07) is -0.537. The molecule has 1 aliphatic heterocycles. The summed E-state index contributed by atoms with van der Waals surface area (Å²) >= 11 is 0. The number of imide groups is 1. The Morgan fingerprint density at radius 1 is 1.33 bits per heavy atom. The van der Waals surface area contributed by atoms with Crippen molar-refractivity contribution in [1.29, 1.82) is 0 Å². The molecule has 98 valence electrons. The first-order chi connectivity index (χ1) is 8.57. The second kappa shape index (κ2) is 4.96. The molecule has 1 heterocycles. The molecule has 3 amide bonds. The zero-order valence-electron chi connectivity index (χ0n) is 11.2. The normalized spacial score (nSPS) is 24.2. The van der Waals surface area contributed by atoms with Crippen LogP contribution >= 0.6 is 0 Å². The van der Waals surface area contributed by atoms with Crippen molar-refractivity contribution in [2.24, 2.45) is 5.92 Å². The van der Waals surface area contributed by atoms with Gasteiger partial charge in [-0.1, -0.05) is 26.0 Å². The van der Waals surface area contributed by atoms with Crippen molar-refractivity contribution in [2.75, 3.05) is 6.54 Å². The molecule has 0 spiro atoms. The summed E-state index contributed by atoms with van der Waals surface area (Å²) in [4.78, 5) is 27.6. The first kappa shape index (κ1) is 12.9. The van der Waals surface area contributed by atoms with E-state index in [1.807, 2.05) is 32.9 Å². The van der Waals surface area contributed by atoms with E-state index in [9.17, 15) is 9.59 Å². The van der Waals surface area contributed by atoms with Gasteiger partial charge >= 0.3 is 6.03 Å². The van der Waals surface area contributed by atoms with Crippen LogP contribution in [0.15, 0.2) is 23.9 Å². The van der Waals surface area contributed by atoms with Crippen LogP contribution in [0, 0.1) is 5.92 Å². The summed E-state index contributed by atoms with van der Waals surface area (Å²) in [5.41, 5.74) is 0.870. The molecular weight excluding hydrogens is 228 g/mol. The van der Waals surface area contributed by atoms with Gasteiger partial charge in [-0.05, 0) is 31.8 Å². The largest absolute Gasteiger partial charge is 0.331 e. The van der Waals surface area contributed by atoms with Crippen LogP contribution in [-0.4, -0.2) is 34.3 Å². The fraction of sp³-hybridized carbons (Fsp3) is 0.571. The Bertz CT molecular complexity index is 424. The highest BCUT2D eigenvalue weighted by atomic mass is 16.2. The Morgan fingerprint density at radius 2 is 2.06 bits per heavy atom. The highest BCUT2D eigenvalue weighted by molar-refractivity contribution is 6.05. The molecule has 0 aromatic rings. The van der Waals surface area contributed by atoms with Gasteiger partial charge in [0.1, 0.15) is 6.04 Å². The van der Waals surface area contributed by atoms with Crippen LogP contribution in [0.1, 0.15) is 33.6 Å². The van der Waals surface area contributed by atoms with E-state index in [1.165, 1.54) is 4.90 Å². The molecule has 4 nitrogen and oxygen atoms in total. The van der Waals surface area contributed by atoms with Gasteiger partial charge in [0.15, 0.2) is 0 Å². The number of carbonyl (C=O) groups excluding carboxylic acids is 2. The van der Waals surface area contributed by atoms with Crippen LogP contribution in [0.4, 0.5) is 4.79 Å². The van der Waals surface area contributed by atoms with Crippen LogP contribution in [0.3, 0.4) is 0 Å². The van der Waals surface area contributed by atoms with Gasteiger partial charge in [-0.25, -0.2) is 4.79 Å². The van der Waals surface area contributed by atoms with Gasteiger partial charge in [-0.15, -0.1) is 0 Å². The zero-order chi connectivity index (χ0) is 13.3. The molecule has 0 bridgehead atoms. The van der Waals surface area contributed by atoms with Crippen molar-refractivity contribution in [1.82, 2.24) is 9.80 Å². The number of carbonyl (C=O) groups is 2. The Labute approximate surface area is 108 Å². The standard InChI is InChI=1S/C14H20N2O2/c1-4-15-13(17)12(10(2)3)16(14(15)18)11-8-6-5-7-9-11/h6,8-10,12H,4-5,7H2,1-3H3. The predicted octanol–water partition coefficient (Wildman–Crippen LogP) is 2.53. The summed E-state index contributed by atoms with van der Waals surface area (Å²) in [5, 5.41) is 0. The van der Waals surface area contributed by atoms with E-state index in [4.69, 9.17) is 0 Å². The van der Waals surface area contributed by atoms with Gasteiger partial charge in [-0.2, -0.15) is 0 Å². The maximum absolute atomic E-state index is 12.3. The molecule has 0 N–H and O–H groups in total. The Morgan fingerprint density at radius 3 is 2.56 bits per heavy atom. The maximum Gasteiger partial charge on any atom is 0.331 e. The summed E-state index contributed by atoms with van der Waals surface area (Å²) < 4.78 is 0. The molecule has 1 aliphatic carbocycles. The second-order valence-electron chi connectivity index (χ2n) is 5.03. The third-order valence-electron chi connectivity index (χ3n) is 3.44. The van der Waals surface area contributed by atoms with Crippen LogP contribution in [0.5, 0.6) is 0 Å². The first-order valence-electron chi connectivity index (χ1n) is 6.59. The zero-order valence-corrected chi connectivity index (χ0v) is 11.2. The van der Waals surface area contributed by atoms with Crippen molar-refractivity contribution >= 4 is 11.9 Å². The van der Waals surface area contributed by atoms with Crippen molar-refractivity contribution in [3.63, 3.8) is 0 Å². The molecule has 4 heteroatoms. The van der Waals surface area contributed by atoms with E-state index in [-0.39, 0.29) is 23.9 Å². The van der Waals surface area contributed by atoms with Gasteiger partial charge in [0.05, 0.1) is 0 Å². The molecule has 0 aromatic heterocycles. The number of rotatable bonds is 3. The number of allylic oxidation sites excluding steroid dienone is 3. The first-order valence-corrected chi connectivity index (χ1v) is 6.59. The summed E-state index contributed by atoms with van der Waals surface area (Å²) in [6.45, 7) is 6.24. The van der Waals surface area contributed by atoms with Crippen LogP contribution in [-0.2, 0) is 4.79 Å². The number of amides is 3. The smallest absolute Gasteiger partial charge is 0.282 e. The molecular formula is C14H20N2O2. The molecule has 0 radical (unpaired) electrons. The average Bonchev–Trinajstić information content (AvgIpc) is 2.61. The fourth-order valence-corrected chi connectivity index (χ4v) is 2.54. The maximum atomic E-state index is 12.3. The van der Waals surface area contributed by atoms with Gasteiger partial charge in [0.2, 0.25) is 0 Å².